The van der Waals surface area contributed by atoms with Crippen molar-refractivity contribution in [1.82, 2.24) is 10.2 Å². The van der Waals surface area contributed by atoms with E-state index in [-0.39, 0.29) is 5.91 Å². The molecular weight excluding hydrogens is 292 g/mol. The van der Waals surface area contributed by atoms with Crippen LogP contribution in [0.5, 0.6) is 5.75 Å². The fourth-order valence-corrected chi connectivity index (χ4v) is 2.37. The van der Waals surface area contributed by atoms with Gasteiger partial charge in [-0.05, 0) is 34.5 Å². The molecule has 0 radical (unpaired) electrons. The van der Waals surface area contributed by atoms with Crippen molar-refractivity contribution in [3.05, 3.63) is 42.0 Å². The lowest BCUT2D eigenvalue weighted by molar-refractivity contribution is -0.129. The van der Waals surface area contributed by atoms with Gasteiger partial charge in [0.1, 0.15) is 5.75 Å². The number of hydrogen-bond donors (Lipinski definition) is 1. The van der Waals surface area contributed by atoms with E-state index in [9.17, 15) is 4.79 Å². The van der Waals surface area contributed by atoms with Crippen LogP contribution >= 0.6 is 0 Å². The van der Waals surface area contributed by atoms with Crippen LogP contribution in [0.4, 0.5) is 0 Å². The number of carbonyl (C=O) groups excluding carboxylic acids is 1. The Hall–Kier alpha value is -2.11. The second-order valence-corrected chi connectivity index (χ2v) is 5.47. The first-order valence-corrected chi connectivity index (χ1v) is 7.64. The number of fused-ring (bicyclic) bond motifs is 1. The van der Waals surface area contributed by atoms with Crippen LogP contribution in [0.1, 0.15) is 5.56 Å². The highest BCUT2D eigenvalue weighted by atomic mass is 16.5. The number of carbonyl (C=O) groups is 1. The number of ether oxygens (including phenoxy) is 2. The normalized spacial score (nSPS) is 10.7. The average molecular weight is 316 g/mol. The Labute approximate surface area is 137 Å². The lowest BCUT2D eigenvalue weighted by atomic mass is 10.1. The quantitative estimate of drug-likeness (QED) is 0.757. The highest BCUT2D eigenvalue weighted by molar-refractivity contribution is 5.84. The van der Waals surface area contributed by atoms with E-state index in [1.807, 2.05) is 31.3 Å². The Morgan fingerprint density at radius 3 is 2.61 bits per heavy atom. The van der Waals surface area contributed by atoms with Gasteiger partial charge in [-0.25, -0.2) is 0 Å². The lowest BCUT2D eigenvalue weighted by Gasteiger charge is -2.18. The Bertz CT molecular complexity index is 658. The van der Waals surface area contributed by atoms with Gasteiger partial charge in [0.2, 0.25) is 5.91 Å². The largest absolute Gasteiger partial charge is 0.497 e. The van der Waals surface area contributed by atoms with E-state index >= 15 is 0 Å². The predicted octanol–water partition coefficient (Wildman–Crippen LogP) is 2.04. The van der Waals surface area contributed by atoms with Crippen molar-refractivity contribution in [1.29, 1.82) is 0 Å². The maximum absolute atomic E-state index is 12.1. The molecule has 0 aromatic heterocycles. The molecule has 2 rings (SSSR count). The summed E-state index contributed by atoms with van der Waals surface area (Å²) in [6, 6.07) is 12.2. The number of nitrogens with zero attached hydrogens (tertiary/aromatic N) is 1. The Kier molecular flexibility index (Phi) is 6.38. The maximum atomic E-state index is 12.1. The molecule has 1 amide bonds. The standard InChI is InChI=1S/C18H24N2O3/c1-20(18(21)12-19-8-9-22-2)13-14-4-5-16-11-17(23-3)7-6-15(16)10-14/h4-7,10-11,19H,8-9,12-13H2,1-3H3. The number of amides is 1. The van der Waals surface area contributed by atoms with Crippen LogP contribution < -0.4 is 10.1 Å². The SMILES string of the molecule is COCCNCC(=O)N(C)Cc1ccc2cc(OC)ccc2c1. The molecule has 124 valence electrons. The van der Waals surface area contributed by atoms with Gasteiger partial charge in [-0.3, -0.25) is 4.79 Å². The highest BCUT2D eigenvalue weighted by Crippen LogP contribution is 2.22. The van der Waals surface area contributed by atoms with Gasteiger partial charge in [0.25, 0.3) is 0 Å². The predicted molar refractivity (Wildman–Crippen MR) is 91.7 cm³/mol. The van der Waals surface area contributed by atoms with Crippen LogP contribution in [-0.2, 0) is 16.1 Å². The van der Waals surface area contributed by atoms with Gasteiger partial charge in [-0.1, -0.05) is 18.2 Å². The minimum absolute atomic E-state index is 0.0657. The maximum Gasteiger partial charge on any atom is 0.236 e. The van der Waals surface area contributed by atoms with E-state index in [0.29, 0.717) is 26.2 Å². The van der Waals surface area contributed by atoms with E-state index in [0.717, 1.165) is 22.1 Å². The third kappa shape index (κ3) is 4.94. The summed E-state index contributed by atoms with van der Waals surface area (Å²) in [4.78, 5) is 13.8. The molecule has 0 aliphatic heterocycles. The van der Waals surface area contributed by atoms with E-state index in [4.69, 9.17) is 9.47 Å². The first kappa shape index (κ1) is 17.2. The fourth-order valence-electron chi connectivity index (χ4n) is 2.37. The molecule has 0 saturated carbocycles. The van der Waals surface area contributed by atoms with Crippen molar-refractivity contribution < 1.29 is 14.3 Å². The Morgan fingerprint density at radius 2 is 1.87 bits per heavy atom. The molecule has 5 heteroatoms. The molecule has 0 heterocycles. The molecule has 0 aliphatic carbocycles. The second kappa shape index (κ2) is 8.50. The molecule has 5 nitrogen and oxygen atoms in total. The zero-order valence-corrected chi connectivity index (χ0v) is 14.0. The molecule has 2 aromatic rings. The molecule has 0 spiro atoms. The van der Waals surface area contributed by atoms with Crippen molar-refractivity contribution in [3.63, 3.8) is 0 Å². The van der Waals surface area contributed by atoms with Crippen molar-refractivity contribution >= 4 is 16.7 Å². The molecule has 1 N–H and O–H groups in total. The summed E-state index contributed by atoms with van der Waals surface area (Å²) in [5, 5.41) is 5.33. The zero-order valence-electron chi connectivity index (χ0n) is 14.0. The zero-order chi connectivity index (χ0) is 16.7. The summed E-state index contributed by atoms with van der Waals surface area (Å²) in [6.07, 6.45) is 0. The fraction of sp³-hybridized carbons (Fsp3) is 0.389. The van der Waals surface area contributed by atoms with Crippen LogP contribution in [0.2, 0.25) is 0 Å². The molecule has 2 aromatic carbocycles. The van der Waals surface area contributed by atoms with E-state index in [2.05, 4.69) is 17.4 Å². The highest BCUT2D eigenvalue weighted by Gasteiger charge is 2.09. The molecule has 23 heavy (non-hydrogen) atoms. The molecular formula is C18H24N2O3. The molecule has 0 unspecified atom stereocenters. The van der Waals surface area contributed by atoms with Gasteiger partial charge in [-0.15, -0.1) is 0 Å². The number of hydrogen-bond acceptors (Lipinski definition) is 4. The number of methoxy groups -OCH3 is 2. The Morgan fingerprint density at radius 1 is 1.13 bits per heavy atom. The summed E-state index contributed by atoms with van der Waals surface area (Å²) in [5.41, 5.74) is 1.11. The first-order chi connectivity index (χ1) is 11.1. The molecule has 0 saturated heterocycles. The van der Waals surface area contributed by atoms with Gasteiger partial charge >= 0.3 is 0 Å². The van der Waals surface area contributed by atoms with Crippen molar-refractivity contribution in [2.75, 3.05) is 41.0 Å². The molecule has 0 fully saturated rings. The average Bonchev–Trinajstić information content (AvgIpc) is 2.58. The van der Waals surface area contributed by atoms with Gasteiger partial charge < -0.3 is 19.7 Å². The first-order valence-electron chi connectivity index (χ1n) is 7.64. The van der Waals surface area contributed by atoms with Crippen LogP contribution in [0.3, 0.4) is 0 Å². The minimum atomic E-state index is 0.0657. The van der Waals surface area contributed by atoms with Crippen molar-refractivity contribution in [2.45, 2.75) is 6.54 Å². The van der Waals surface area contributed by atoms with Crippen LogP contribution in [-0.4, -0.2) is 51.8 Å². The summed E-state index contributed by atoms with van der Waals surface area (Å²) < 4.78 is 10.2. The van der Waals surface area contributed by atoms with E-state index in [1.165, 1.54) is 0 Å². The number of nitrogens with one attached hydrogen (secondary N) is 1. The lowest BCUT2D eigenvalue weighted by Crippen LogP contribution is -2.36. The number of rotatable bonds is 8. The second-order valence-electron chi connectivity index (χ2n) is 5.47. The van der Waals surface area contributed by atoms with Gasteiger partial charge in [-0.2, -0.15) is 0 Å². The van der Waals surface area contributed by atoms with E-state index in [1.54, 1.807) is 19.1 Å². The third-order valence-electron chi connectivity index (χ3n) is 3.72. The summed E-state index contributed by atoms with van der Waals surface area (Å²) in [7, 11) is 5.13. The van der Waals surface area contributed by atoms with Gasteiger partial charge in [0, 0.05) is 27.2 Å². The Balaban J connectivity index is 1.96. The topological polar surface area (TPSA) is 50.8 Å². The summed E-state index contributed by atoms with van der Waals surface area (Å²) >= 11 is 0. The van der Waals surface area contributed by atoms with Gasteiger partial charge in [0.15, 0.2) is 0 Å². The van der Waals surface area contributed by atoms with E-state index < -0.39 is 0 Å². The third-order valence-corrected chi connectivity index (χ3v) is 3.72. The van der Waals surface area contributed by atoms with Crippen molar-refractivity contribution in [3.8, 4) is 5.75 Å². The molecule has 0 aliphatic rings. The molecule has 0 atom stereocenters. The monoisotopic (exact) mass is 316 g/mol. The summed E-state index contributed by atoms with van der Waals surface area (Å²) in [6.45, 7) is 2.19. The number of likely N-dealkylation sites (N-methyl/N-ethyl adjacent to an activating group) is 1. The minimum Gasteiger partial charge on any atom is -0.497 e. The van der Waals surface area contributed by atoms with Gasteiger partial charge in [0.05, 0.1) is 20.3 Å². The van der Waals surface area contributed by atoms with Crippen LogP contribution in [0.25, 0.3) is 10.8 Å². The van der Waals surface area contributed by atoms with Crippen LogP contribution in [0.15, 0.2) is 36.4 Å². The van der Waals surface area contributed by atoms with Crippen LogP contribution in [0, 0.1) is 0 Å². The van der Waals surface area contributed by atoms with Crippen molar-refractivity contribution in [2.24, 2.45) is 0 Å². The number of benzene rings is 2. The molecule has 0 bridgehead atoms. The smallest absolute Gasteiger partial charge is 0.236 e. The summed E-state index contributed by atoms with van der Waals surface area (Å²) in [5.74, 6) is 0.913.